The highest BCUT2D eigenvalue weighted by atomic mass is 16.2. The van der Waals surface area contributed by atoms with Crippen LogP contribution >= 0.6 is 0 Å². The van der Waals surface area contributed by atoms with Crippen LogP contribution in [0.15, 0.2) is 55.1 Å². The van der Waals surface area contributed by atoms with Gasteiger partial charge in [0, 0.05) is 42.6 Å². The summed E-state index contributed by atoms with van der Waals surface area (Å²) in [4.78, 5) is 23.7. The third kappa shape index (κ3) is 4.26. The van der Waals surface area contributed by atoms with Crippen molar-refractivity contribution in [2.45, 2.75) is 38.8 Å². The van der Waals surface area contributed by atoms with Gasteiger partial charge in [0.25, 0.3) is 0 Å². The molecule has 1 amide bonds. The zero-order chi connectivity index (χ0) is 19.3. The highest BCUT2D eigenvalue weighted by Crippen LogP contribution is 2.21. The number of aromatic nitrogens is 4. The summed E-state index contributed by atoms with van der Waals surface area (Å²) in [5.74, 6) is 0.801. The third-order valence-corrected chi connectivity index (χ3v) is 5.04. The lowest BCUT2D eigenvalue weighted by atomic mass is 10.0. The van der Waals surface area contributed by atoms with E-state index < -0.39 is 0 Å². The zero-order valence-electron chi connectivity index (χ0n) is 16.0. The molecule has 144 valence electrons. The second kappa shape index (κ2) is 8.31. The van der Waals surface area contributed by atoms with Crippen molar-refractivity contribution in [3.05, 3.63) is 66.5 Å². The Morgan fingerprint density at radius 3 is 2.68 bits per heavy atom. The molecule has 7 heteroatoms. The Hall–Kier alpha value is -3.06. The number of nitrogens with zero attached hydrogens (tertiary/aromatic N) is 5. The van der Waals surface area contributed by atoms with E-state index in [-0.39, 0.29) is 11.9 Å². The molecule has 1 saturated heterocycles. The number of aryl methyl sites for hydroxylation is 1. The van der Waals surface area contributed by atoms with Crippen LogP contribution in [0, 0.1) is 6.92 Å². The van der Waals surface area contributed by atoms with Gasteiger partial charge in [-0.2, -0.15) is 5.10 Å². The number of nitrogens with one attached hydrogen (secondary N) is 1. The standard InChI is InChI=1S/C21H24N6O/c1-16-22-13-17(14-23-16)15-26-11-3-2-5-20(26)21(28)25-18-6-8-19(9-7-18)27-12-4-10-24-27/h4,6-10,12-14,20H,2-3,5,11,15H2,1H3,(H,25,28)/t20-/m1/s1. The Bertz CT molecular complexity index is 905. The van der Waals surface area contributed by atoms with Gasteiger partial charge in [-0.25, -0.2) is 14.6 Å². The van der Waals surface area contributed by atoms with Gasteiger partial charge < -0.3 is 5.32 Å². The van der Waals surface area contributed by atoms with E-state index in [1.807, 2.05) is 55.8 Å². The van der Waals surface area contributed by atoms with Crippen molar-refractivity contribution in [2.24, 2.45) is 0 Å². The minimum Gasteiger partial charge on any atom is -0.325 e. The van der Waals surface area contributed by atoms with E-state index in [0.717, 1.165) is 48.6 Å². The summed E-state index contributed by atoms with van der Waals surface area (Å²) < 4.78 is 1.79. The lowest BCUT2D eigenvalue weighted by Gasteiger charge is -2.34. The predicted molar refractivity (Wildman–Crippen MR) is 107 cm³/mol. The van der Waals surface area contributed by atoms with Gasteiger partial charge in [-0.1, -0.05) is 6.42 Å². The lowest BCUT2D eigenvalue weighted by Crippen LogP contribution is -2.46. The van der Waals surface area contributed by atoms with Gasteiger partial charge in [0.2, 0.25) is 5.91 Å². The predicted octanol–water partition coefficient (Wildman–Crippen LogP) is 2.96. The van der Waals surface area contributed by atoms with Crippen molar-refractivity contribution in [1.82, 2.24) is 24.6 Å². The molecule has 0 aliphatic carbocycles. The fourth-order valence-corrected chi connectivity index (χ4v) is 3.56. The Labute approximate surface area is 164 Å². The van der Waals surface area contributed by atoms with Gasteiger partial charge in [-0.05, 0) is 56.6 Å². The summed E-state index contributed by atoms with van der Waals surface area (Å²) in [5, 5.41) is 7.29. The lowest BCUT2D eigenvalue weighted by molar-refractivity contribution is -0.122. The number of rotatable bonds is 5. The molecule has 0 radical (unpaired) electrons. The number of benzene rings is 1. The molecule has 1 fully saturated rings. The van der Waals surface area contributed by atoms with Gasteiger partial charge in [0.1, 0.15) is 5.82 Å². The highest BCUT2D eigenvalue weighted by Gasteiger charge is 2.28. The maximum Gasteiger partial charge on any atom is 0.241 e. The number of amides is 1. The fourth-order valence-electron chi connectivity index (χ4n) is 3.56. The topological polar surface area (TPSA) is 75.9 Å². The number of hydrogen-bond acceptors (Lipinski definition) is 5. The second-order valence-electron chi connectivity index (χ2n) is 7.11. The van der Waals surface area contributed by atoms with E-state index in [2.05, 4.69) is 25.3 Å². The van der Waals surface area contributed by atoms with Crippen molar-refractivity contribution in [2.75, 3.05) is 11.9 Å². The van der Waals surface area contributed by atoms with Crippen LogP contribution in [-0.2, 0) is 11.3 Å². The summed E-state index contributed by atoms with van der Waals surface area (Å²) in [6, 6.07) is 9.47. The van der Waals surface area contributed by atoms with Crippen LogP contribution < -0.4 is 5.32 Å². The first-order chi connectivity index (χ1) is 13.7. The van der Waals surface area contributed by atoms with Crippen LogP contribution in [0.4, 0.5) is 5.69 Å². The van der Waals surface area contributed by atoms with Gasteiger partial charge in [0.15, 0.2) is 0 Å². The Morgan fingerprint density at radius 2 is 1.96 bits per heavy atom. The van der Waals surface area contributed by atoms with Crippen LogP contribution in [0.3, 0.4) is 0 Å². The van der Waals surface area contributed by atoms with E-state index >= 15 is 0 Å². The van der Waals surface area contributed by atoms with Gasteiger partial charge >= 0.3 is 0 Å². The van der Waals surface area contributed by atoms with Crippen molar-refractivity contribution >= 4 is 11.6 Å². The number of anilines is 1. The molecule has 1 aliphatic heterocycles. The normalized spacial score (nSPS) is 17.4. The molecule has 0 spiro atoms. The summed E-state index contributed by atoms with van der Waals surface area (Å²) in [5.41, 5.74) is 2.79. The molecule has 28 heavy (non-hydrogen) atoms. The first-order valence-corrected chi connectivity index (χ1v) is 9.61. The number of piperidine rings is 1. The summed E-state index contributed by atoms with van der Waals surface area (Å²) in [7, 11) is 0. The molecular formula is C21H24N6O. The van der Waals surface area contributed by atoms with Crippen molar-refractivity contribution in [3.8, 4) is 5.69 Å². The van der Waals surface area contributed by atoms with Gasteiger partial charge in [0.05, 0.1) is 11.7 Å². The molecule has 1 aromatic carbocycles. The SMILES string of the molecule is Cc1ncc(CN2CCCC[C@@H]2C(=O)Nc2ccc(-n3cccn3)cc2)cn1. The first kappa shape index (κ1) is 18.3. The molecule has 0 bridgehead atoms. The second-order valence-corrected chi connectivity index (χ2v) is 7.11. The molecule has 4 rings (SSSR count). The number of hydrogen-bond donors (Lipinski definition) is 1. The maximum atomic E-state index is 12.9. The monoisotopic (exact) mass is 376 g/mol. The molecule has 3 aromatic rings. The molecular weight excluding hydrogens is 352 g/mol. The Morgan fingerprint density at radius 1 is 1.18 bits per heavy atom. The number of carbonyl (C=O) groups is 1. The average Bonchev–Trinajstić information content (AvgIpc) is 3.25. The quantitative estimate of drug-likeness (QED) is 0.741. The minimum absolute atomic E-state index is 0.0413. The number of likely N-dealkylation sites (tertiary alicyclic amines) is 1. The van der Waals surface area contributed by atoms with Gasteiger partial charge in [-0.3, -0.25) is 9.69 Å². The molecule has 1 N–H and O–H groups in total. The zero-order valence-corrected chi connectivity index (χ0v) is 16.0. The third-order valence-electron chi connectivity index (χ3n) is 5.04. The van der Waals surface area contributed by atoms with E-state index in [1.165, 1.54) is 0 Å². The van der Waals surface area contributed by atoms with E-state index in [4.69, 9.17) is 0 Å². The van der Waals surface area contributed by atoms with E-state index in [9.17, 15) is 4.79 Å². The Balaban J connectivity index is 1.42. The summed E-state index contributed by atoms with van der Waals surface area (Å²) in [6.07, 6.45) is 10.4. The van der Waals surface area contributed by atoms with Crippen LogP contribution in [0.2, 0.25) is 0 Å². The number of carbonyl (C=O) groups excluding carboxylic acids is 1. The fraction of sp³-hybridized carbons (Fsp3) is 0.333. The van der Waals surface area contributed by atoms with Gasteiger partial charge in [-0.15, -0.1) is 0 Å². The smallest absolute Gasteiger partial charge is 0.241 e. The molecule has 0 saturated carbocycles. The molecule has 3 heterocycles. The van der Waals surface area contributed by atoms with E-state index in [1.54, 1.807) is 10.9 Å². The molecule has 0 unspecified atom stereocenters. The van der Waals surface area contributed by atoms with Crippen molar-refractivity contribution in [1.29, 1.82) is 0 Å². The van der Waals surface area contributed by atoms with Crippen molar-refractivity contribution in [3.63, 3.8) is 0 Å². The molecule has 7 nitrogen and oxygen atoms in total. The first-order valence-electron chi connectivity index (χ1n) is 9.61. The van der Waals surface area contributed by atoms with Crippen LogP contribution in [0.5, 0.6) is 0 Å². The summed E-state index contributed by atoms with van der Waals surface area (Å²) >= 11 is 0. The highest BCUT2D eigenvalue weighted by molar-refractivity contribution is 5.95. The minimum atomic E-state index is -0.138. The molecule has 2 aromatic heterocycles. The van der Waals surface area contributed by atoms with Crippen LogP contribution in [0.1, 0.15) is 30.7 Å². The molecule has 1 aliphatic rings. The Kier molecular flexibility index (Phi) is 5.43. The van der Waals surface area contributed by atoms with E-state index in [0.29, 0.717) is 6.54 Å². The van der Waals surface area contributed by atoms with Crippen LogP contribution in [-0.4, -0.2) is 43.1 Å². The summed E-state index contributed by atoms with van der Waals surface area (Å²) in [6.45, 7) is 3.47. The van der Waals surface area contributed by atoms with Crippen molar-refractivity contribution < 1.29 is 4.79 Å². The maximum absolute atomic E-state index is 12.9. The largest absolute Gasteiger partial charge is 0.325 e. The molecule has 1 atom stereocenters. The average molecular weight is 376 g/mol. The van der Waals surface area contributed by atoms with Crippen LogP contribution in [0.25, 0.3) is 5.69 Å².